The predicted octanol–water partition coefficient (Wildman–Crippen LogP) is 3.64. The van der Waals surface area contributed by atoms with Gasteiger partial charge in [0.25, 0.3) is 0 Å². The first-order chi connectivity index (χ1) is 12.6. The average Bonchev–Trinajstić information content (AvgIpc) is 2.91. The van der Waals surface area contributed by atoms with Crippen LogP contribution in [0.3, 0.4) is 0 Å². The van der Waals surface area contributed by atoms with Crippen LogP contribution >= 0.6 is 11.8 Å². The Bertz CT molecular complexity index is 738. The van der Waals surface area contributed by atoms with Crippen molar-refractivity contribution in [3.05, 3.63) is 54.1 Å². The number of fused-ring (bicyclic) bond motifs is 1. The molecular formula is C20H23NO4S. The van der Waals surface area contributed by atoms with E-state index in [0.29, 0.717) is 36.2 Å². The summed E-state index contributed by atoms with van der Waals surface area (Å²) in [6, 6.07) is 14.9. The van der Waals surface area contributed by atoms with Crippen LogP contribution in [0.15, 0.2) is 48.5 Å². The van der Waals surface area contributed by atoms with Crippen molar-refractivity contribution < 1.29 is 19.4 Å². The van der Waals surface area contributed by atoms with Crippen molar-refractivity contribution >= 4 is 23.4 Å². The van der Waals surface area contributed by atoms with Gasteiger partial charge in [-0.3, -0.25) is 4.79 Å². The molecule has 0 saturated carbocycles. The lowest BCUT2D eigenvalue weighted by molar-refractivity contribution is -0.115. The molecule has 0 aromatic heterocycles. The van der Waals surface area contributed by atoms with Crippen LogP contribution in [-0.2, 0) is 4.79 Å². The van der Waals surface area contributed by atoms with E-state index in [2.05, 4.69) is 5.32 Å². The maximum atomic E-state index is 12.4. The molecule has 0 aliphatic carbocycles. The maximum Gasteiger partial charge on any atom is 0.237 e. The highest BCUT2D eigenvalue weighted by Gasteiger charge is 2.18. The summed E-state index contributed by atoms with van der Waals surface area (Å²) in [5.41, 5.74) is 1.53. The number of anilines is 1. The van der Waals surface area contributed by atoms with Crippen LogP contribution in [0, 0.1) is 0 Å². The Hall–Kier alpha value is -2.18. The highest BCUT2D eigenvalue weighted by molar-refractivity contribution is 8.00. The zero-order valence-corrected chi connectivity index (χ0v) is 15.5. The third kappa shape index (κ3) is 4.93. The first-order valence-corrected chi connectivity index (χ1v) is 9.73. The first-order valence-electron chi connectivity index (χ1n) is 8.68. The van der Waals surface area contributed by atoms with Gasteiger partial charge >= 0.3 is 0 Å². The molecular weight excluding hydrogens is 350 g/mol. The molecule has 0 radical (unpaired) electrons. The molecule has 2 aromatic carbocycles. The summed E-state index contributed by atoms with van der Waals surface area (Å²) >= 11 is 1.42. The normalized spacial score (nSPS) is 15.6. The van der Waals surface area contributed by atoms with E-state index in [1.165, 1.54) is 11.8 Å². The number of amides is 1. The zero-order chi connectivity index (χ0) is 18.4. The van der Waals surface area contributed by atoms with Crippen LogP contribution in [0.25, 0.3) is 0 Å². The Morgan fingerprint density at radius 1 is 1.15 bits per heavy atom. The van der Waals surface area contributed by atoms with E-state index < -0.39 is 6.10 Å². The van der Waals surface area contributed by atoms with Crippen molar-refractivity contribution in [1.82, 2.24) is 0 Å². The summed E-state index contributed by atoms with van der Waals surface area (Å²) < 4.78 is 11.2. The fraction of sp³-hybridized carbons (Fsp3) is 0.350. The standard InChI is InChI=1S/C20H23NO4S/c1-14(26-13-17(22)15-6-3-2-4-7-15)20(23)21-16-8-9-18-19(12-16)25-11-5-10-24-18/h2-4,6-9,12,14,17,22H,5,10-11,13H2,1H3,(H,21,23). The third-order valence-corrected chi connectivity index (χ3v) is 5.29. The quantitative estimate of drug-likeness (QED) is 0.809. The first kappa shape index (κ1) is 18.6. The second-order valence-corrected chi connectivity index (χ2v) is 7.48. The topological polar surface area (TPSA) is 67.8 Å². The minimum atomic E-state index is -0.588. The summed E-state index contributed by atoms with van der Waals surface area (Å²) in [6.45, 7) is 3.07. The van der Waals surface area contributed by atoms with Gasteiger partial charge in [-0.15, -0.1) is 11.8 Å². The van der Waals surface area contributed by atoms with Crippen LogP contribution < -0.4 is 14.8 Å². The fourth-order valence-corrected chi connectivity index (χ4v) is 3.44. The number of benzene rings is 2. The second-order valence-electron chi connectivity index (χ2n) is 6.10. The number of nitrogens with one attached hydrogen (secondary N) is 1. The van der Waals surface area contributed by atoms with Crippen molar-refractivity contribution in [3.63, 3.8) is 0 Å². The molecule has 0 saturated heterocycles. The van der Waals surface area contributed by atoms with Gasteiger partial charge in [0, 0.05) is 23.9 Å². The summed E-state index contributed by atoms with van der Waals surface area (Å²) in [7, 11) is 0. The molecule has 26 heavy (non-hydrogen) atoms. The summed E-state index contributed by atoms with van der Waals surface area (Å²) in [5, 5.41) is 12.8. The van der Waals surface area contributed by atoms with Gasteiger partial charge in [-0.25, -0.2) is 0 Å². The summed E-state index contributed by atoms with van der Waals surface area (Å²) in [4.78, 5) is 12.4. The van der Waals surface area contributed by atoms with Crippen LogP contribution in [0.4, 0.5) is 5.69 Å². The van der Waals surface area contributed by atoms with E-state index in [9.17, 15) is 9.90 Å². The van der Waals surface area contributed by atoms with E-state index >= 15 is 0 Å². The number of thioether (sulfide) groups is 1. The fourth-order valence-electron chi connectivity index (χ4n) is 2.57. The van der Waals surface area contributed by atoms with Gasteiger partial charge in [0.2, 0.25) is 5.91 Å². The van der Waals surface area contributed by atoms with Crippen molar-refractivity contribution in [2.45, 2.75) is 24.7 Å². The number of hydrogen-bond acceptors (Lipinski definition) is 5. The smallest absolute Gasteiger partial charge is 0.237 e. The Labute approximate surface area is 157 Å². The van der Waals surface area contributed by atoms with Gasteiger partial charge < -0.3 is 19.9 Å². The highest BCUT2D eigenvalue weighted by Crippen LogP contribution is 2.32. The summed E-state index contributed by atoms with van der Waals surface area (Å²) in [6.07, 6.45) is 0.253. The Balaban J connectivity index is 1.53. The molecule has 1 aliphatic heterocycles. The van der Waals surface area contributed by atoms with E-state index in [-0.39, 0.29) is 11.2 Å². The number of aliphatic hydroxyl groups is 1. The lowest BCUT2D eigenvalue weighted by atomic mass is 10.1. The SMILES string of the molecule is CC(SCC(O)c1ccccc1)C(=O)Nc1ccc2c(c1)OCCCO2. The number of ether oxygens (including phenoxy) is 2. The molecule has 1 aliphatic rings. The van der Waals surface area contributed by atoms with Crippen LogP contribution in [0.5, 0.6) is 11.5 Å². The molecule has 2 N–H and O–H groups in total. The lowest BCUT2D eigenvalue weighted by Crippen LogP contribution is -2.23. The minimum absolute atomic E-state index is 0.107. The number of rotatable bonds is 6. The van der Waals surface area contributed by atoms with Gasteiger partial charge in [-0.1, -0.05) is 30.3 Å². The molecule has 138 valence electrons. The minimum Gasteiger partial charge on any atom is -0.490 e. The molecule has 6 heteroatoms. The van der Waals surface area contributed by atoms with Gasteiger partial charge in [-0.2, -0.15) is 0 Å². The Morgan fingerprint density at radius 2 is 1.88 bits per heavy atom. The number of carbonyl (C=O) groups excluding carboxylic acids is 1. The molecule has 0 bridgehead atoms. The molecule has 5 nitrogen and oxygen atoms in total. The van der Waals surface area contributed by atoms with Crippen molar-refractivity contribution in [1.29, 1.82) is 0 Å². The maximum absolute atomic E-state index is 12.4. The van der Waals surface area contributed by atoms with E-state index in [1.54, 1.807) is 6.07 Å². The van der Waals surface area contributed by atoms with Gasteiger partial charge in [0.05, 0.1) is 24.6 Å². The van der Waals surface area contributed by atoms with Crippen molar-refractivity contribution in [2.75, 3.05) is 24.3 Å². The van der Waals surface area contributed by atoms with E-state index in [0.717, 1.165) is 12.0 Å². The molecule has 1 amide bonds. The monoisotopic (exact) mass is 373 g/mol. The molecule has 3 rings (SSSR count). The van der Waals surface area contributed by atoms with Gasteiger partial charge in [-0.05, 0) is 24.6 Å². The van der Waals surface area contributed by atoms with Crippen LogP contribution in [0.1, 0.15) is 25.0 Å². The second kappa shape index (κ2) is 8.96. The highest BCUT2D eigenvalue weighted by atomic mass is 32.2. The molecule has 2 aromatic rings. The number of hydrogen-bond donors (Lipinski definition) is 2. The predicted molar refractivity (Wildman–Crippen MR) is 104 cm³/mol. The van der Waals surface area contributed by atoms with Gasteiger partial charge in [0.15, 0.2) is 11.5 Å². The third-order valence-electron chi connectivity index (χ3n) is 4.07. The Morgan fingerprint density at radius 3 is 2.65 bits per heavy atom. The van der Waals surface area contributed by atoms with Crippen molar-refractivity contribution in [2.24, 2.45) is 0 Å². The van der Waals surface area contributed by atoms with E-state index in [1.807, 2.05) is 49.4 Å². The van der Waals surface area contributed by atoms with Crippen molar-refractivity contribution in [3.8, 4) is 11.5 Å². The van der Waals surface area contributed by atoms with E-state index in [4.69, 9.17) is 9.47 Å². The molecule has 1 heterocycles. The molecule has 2 atom stereocenters. The summed E-state index contributed by atoms with van der Waals surface area (Å²) in [5.74, 6) is 1.71. The largest absolute Gasteiger partial charge is 0.490 e. The number of aliphatic hydroxyl groups excluding tert-OH is 1. The zero-order valence-electron chi connectivity index (χ0n) is 14.7. The molecule has 2 unspecified atom stereocenters. The molecule has 0 spiro atoms. The van der Waals surface area contributed by atoms with Crippen LogP contribution in [-0.4, -0.2) is 35.2 Å². The lowest BCUT2D eigenvalue weighted by Gasteiger charge is -2.16. The Kier molecular flexibility index (Phi) is 6.41. The number of carbonyl (C=O) groups is 1. The average molecular weight is 373 g/mol. The molecule has 0 fully saturated rings. The van der Waals surface area contributed by atoms with Gasteiger partial charge in [0.1, 0.15) is 0 Å². The van der Waals surface area contributed by atoms with Crippen LogP contribution in [0.2, 0.25) is 0 Å².